The number of hydrogen-bond acceptors (Lipinski definition) is 3. The fourth-order valence-corrected chi connectivity index (χ4v) is 4.08. The second kappa shape index (κ2) is 5.86. The van der Waals surface area contributed by atoms with Gasteiger partial charge in [-0.05, 0) is 61.9 Å². The lowest BCUT2D eigenvalue weighted by Gasteiger charge is -2.27. The fourth-order valence-electron chi connectivity index (χ4n) is 4.08. The third-order valence-electron chi connectivity index (χ3n) is 5.22. The zero-order valence-electron chi connectivity index (χ0n) is 13.7. The molecule has 2 aromatic rings. The van der Waals surface area contributed by atoms with Crippen LogP contribution in [0.4, 0.5) is 0 Å². The standard InChI is InChI=1S/C20H20N2O2/c1-13-9-10-21-15(11-13)12-14-5-4-8-18(14)22-19(23)16-6-2-3-7-17(16)20(22)24/h2-3,6-7,9-11,14,18H,4-5,8,12H2,1H3. The molecule has 2 heterocycles. The van der Waals surface area contributed by atoms with E-state index in [0.717, 1.165) is 31.4 Å². The minimum absolute atomic E-state index is 0.0142. The van der Waals surface area contributed by atoms with Crippen LogP contribution in [-0.2, 0) is 6.42 Å². The molecule has 24 heavy (non-hydrogen) atoms. The quantitative estimate of drug-likeness (QED) is 0.815. The summed E-state index contributed by atoms with van der Waals surface area (Å²) >= 11 is 0. The molecule has 0 N–H and O–H groups in total. The number of aryl methyl sites for hydroxylation is 1. The lowest BCUT2D eigenvalue weighted by Crippen LogP contribution is -2.42. The lowest BCUT2D eigenvalue weighted by molar-refractivity contribution is 0.0547. The summed E-state index contributed by atoms with van der Waals surface area (Å²) in [6.45, 7) is 2.06. The molecule has 1 fully saturated rings. The van der Waals surface area contributed by atoms with E-state index in [9.17, 15) is 9.59 Å². The Hall–Kier alpha value is -2.49. The zero-order chi connectivity index (χ0) is 16.7. The molecule has 0 bridgehead atoms. The van der Waals surface area contributed by atoms with Gasteiger partial charge in [-0.25, -0.2) is 0 Å². The molecular weight excluding hydrogens is 300 g/mol. The Morgan fingerprint density at radius 3 is 2.46 bits per heavy atom. The predicted octanol–water partition coefficient (Wildman–Crippen LogP) is 3.40. The number of aromatic nitrogens is 1. The van der Waals surface area contributed by atoms with E-state index >= 15 is 0 Å². The number of carbonyl (C=O) groups excluding carboxylic acids is 2. The molecule has 1 aromatic carbocycles. The van der Waals surface area contributed by atoms with Crippen LogP contribution >= 0.6 is 0 Å². The summed E-state index contributed by atoms with van der Waals surface area (Å²) in [5.74, 6) is 0.0240. The Labute approximate surface area is 141 Å². The Balaban J connectivity index is 1.60. The van der Waals surface area contributed by atoms with Crippen LogP contribution in [0.5, 0.6) is 0 Å². The van der Waals surface area contributed by atoms with Gasteiger partial charge in [0.2, 0.25) is 0 Å². The van der Waals surface area contributed by atoms with Crippen LogP contribution in [0.3, 0.4) is 0 Å². The zero-order valence-corrected chi connectivity index (χ0v) is 13.7. The second-order valence-corrected chi connectivity index (χ2v) is 6.81. The summed E-state index contributed by atoms with van der Waals surface area (Å²) in [4.78, 5) is 31.4. The number of amides is 2. The molecule has 4 rings (SSSR count). The molecule has 0 radical (unpaired) electrons. The highest BCUT2D eigenvalue weighted by Crippen LogP contribution is 2.36. The largest absolute Gasteiger partial charge is 0.271 e. The Bertz CT molecular complexity index is 780. The molecule has 4 nitrogen and oxygen atoms in total. The first-order valence-corrected chi connectivity index (χ1v) is 8.53. The summed E-state index contributed by atoms with van der Waals surface area (Å²) in [6.07, 6.45) is 5.63. The van der Waals surface area contributed by atoms with Crippen molar-refractivity contribution < 1.29 is 9.59 Å². The van der Waals surface area contributed by atoms with E-state index in [1.165, 1.54) is 10.5 Å². The third-order valence-corrected chi connectivity index (χ3v) is 5.22. The van der Waals surface area contributed by atoms with E-state index in [0.29, 0.717) is 17.0 Å². The van der Waals surface area contributed by atoms with Gasteiger partial charge >= 0.3 is 0 Å². The van der Waals surface area contributed by atoms with Crippen molar-refractivity contribution >= 4 is 11.8 Å². The SMILES string of the molecule is Cc1ccnc(CC2CCCC2N2C(=O)c3ccccc3C2=O)c1. The Kier molecular flexibility index (Phi) is 3.68. The van der Waals surface area contributed by atoms with Crippen LogP contribution in [0.15, 0.2) is 42.6 Å². The van der Waals surface area contributed by atoms with Crippen molar-refractivity contribution in [2.45, 2.75) is 38.6 Å². The molecule has 0 saturated heterocycles. The first-order valence-electron chi connectivity index (χ1n) is 8.53. The van der Waals surface area contributed by atoms with Gasteiger partial charge in [-0.3, -0.25) is 19.5 Å². The Morgan fingerprint density at radius 2 is 1.79 bits per heavy atom. The molecule has 1 saturated carbocycles. The highest BCUT2D eigenvalue weighted by Gasteiger charge is 2.44. The van der Waals surface area contributed by atoms with E-state index in [4.69, 9.17) is 0 Å². The Morgan fingerprint density at radius 1 is 1.08 bits per heavy atom. The lowest BCUT2D eigenvalue weighted by atomic mass is 9.95. The number of hydrogen-bond donors (Lipinski definition) is 0. The highest BCUT2D eigenvalue weighted by atomic mass is 16.2. The third kappa shape index (κ3) is 2.42. The van der Waals surface area contributed by atoms with Crippen LogP contribution in [0, 0.1) is 12.8 Å². The maximum absolute atomic E-state index is 12.7. The molecule has 0 spiro atoms. The maximum Gasteiger partial charge on any atom is 0.261 e. The van der Waals surface area contributed by atoms with Gasteiger partial charge in [0, 0.05) is 17.9 Å². The average Bonchev–Trinajstić information content (AvgIpc) is 3.11. The van der Waals surface area contributed by atoms with Crippen molar-refractivity contribution in [2.75, 3.05) is 0 Å². The molecule has 2 aliphatic rings. The molecule has 4 heteroatoms. The molecule has 122 valence electrons. The molecular formula is C20H20N2O2. The number of rotatable bonds is 3. The van der Waals surface area contributed by atoms with Crippen molar-refractivity contribution in [3.05, 3.63) is 65.0 Å². The van der Waals surface area contributed by atoms with Crippen LogP contribution in [0.1, 0.15) is 51.2 Å². The van der Waals surface area contributed by atoms with E-state index in [1.807, 2.05) is 24.4 Å². The summed E-state index contributed by atoms with van der Waals surface area (Å²) < 4.78 is 0. The van der Waals surface area contributed by atoms with Crippen LogP contribution in [-0.4, -0.2) is 27.7 Å². The van der Waals surface area contributed by atoms with Crippen molar-refractivity contribution in [1.82, 2.24) is 9.88 Å². The van der Waals surface area contributed by atoms with Crippen LogP contribution in [0.25, 0.3) is 0 Å². The van der Waals surface area contributed by atoms with Gasteiger partial charge in [0.25, 0.3) is 11.8 Å². The van der Waals surface area contributed by atoms with Crippen molar-refractivity contribution in [2.24, 2.45) is 5.92 Å². The van der Waals surface area contributed by atoms with Crippen molar-refractivity contribution in [3.8, 4) is 0 Å². The first-order chi connectivity index (χ1) is 11.6. The summed E-state index contributed by atoms with van der Waals surface area (Å²) in [6, 6.07) is 11.2. The number of imide groups is 1. The van der Waals surface area contributed by atoms with Gasteiger partial charge in [0.15, 0.2) is 0 Å². The van der Waals surface area contributed by atoms with Gasteiger partial charge in [0.05, 0.1) is 11.1 Å². The smallest absolute Gasteiger partial charge is 0.261 e. The molecule has 1 aromatic heterocycles. The number of benzene rings is 1. The molecule has 2 unspecified atom stereocenters. The maximum atomic E-state index is 12.7. The molecule has 1 aliphatic carbocycles. The monoisotopic (exact) mass is 320 g/mol. The van der Waals surface area contributed by atoms with E-state index in [1.54, 1.807) is 12.1 Å². The molecule has 2 amide bonds. The van der Waals surface area contributed by atoms with Gasteiger partial charge in [0.1, 0.15) is 0 Å². The van der Waals surface area contributed by atoms with E-state index in [2.05, 4.69) is 18.0 Å². The van der Waals surface area contributed by atoms with Crippen LogP contribution in [0.2, 0.25) is 0 Å². The van der Waals surface area contributed by atoms with Crippen molar-refractivity contribution in [3.63, 3.8) is 0 Å². The van der Waals surface area contributed by atoms with E-state index < -0.39 is 0 Å². The van der Waals surface area contributed by atoms with Gasteiger partial charge in [-0.1, -0.05) is 18.6 Å². The van der Waals surface area contributed by atoms with E-state index in [-0.39, 0.29) is 17.9 Å². The average molecular weight is 320 g/mol. The number of pyridine rings is 1. The minimum atomic E-state index is -0.135. The summed E-state index contributed by atoms with van der Waals surface area (Å²) in [5, 5.41) is 0. The number of carbonyl (C=O) groups is 2. The van der Waals surface area contributed by atoms with Gasteiger partial charge in [-0.2, -0.15) is 0 Å². The summed E-state index contributed by atoms with van der Waals surface area (Å²) in [7, 11) is 0. The second-order valence-electron chi connectivity index (χ2n) is 6.81. The number of nitrogens with zero attached hydrogens (tertiary/aromatic N) is 2. The number of fused-ring (bicyclic) bond motifs is 1. The normalized spacial score (nSPS) is 23.0. The van der Waals surface area contributed by atoms with Crippen LogP contribution < -0.4 is 0 Å². The van der Waals surface area contributed by atoms with Gasteiger partial charge in [-0.15, -0.1) is 0 Å². The minimum Gasteiger partial charge on any atom is -0.271 e. The van der Waals surface area contributed by atoms with Crippen molar-refractivity contribution in [1.29, 1.82) is 0 Å². The highest BCUT2D eigenvalue weighted by molar-refractivity contribution is 6.21. The van der Waals surface area contributed by atoms with Gasteiger partial charge < -0.3 is 0 Å². The topological polar surface area (TPSA) is 50.3 Å². The fraction of sp³-hybridized carbons (Fsp3) is 0.350. The molecule has 2 atom stereocenters. The summed E-state index contributed by atoms with van der Waals surface area (Å²) in [5.41, 5.74) is 3.32. The molecule has 1 aliphatic heterocycles. The predicted molar refractivity (Wildman–Crippen MR) is 90.7 cm³/mol. The first kappa shape index (κ1) is 15.1.